The summed E-state index contributed by atoms with van der Waals surface area (Å²) in [5, 5.41) is 11.7. The van der Waals surface area contributed by atoms with Gasteiger partial charge in [-0.1, -0.05) is 45.9 Å². The average Bonchev–Trinajstić information content (AvgIpc) is 3.10. The van der Waals surface area contributed by atoms with Gasteiger partial charge in [-0.05, 0) is 55.8 Å². The third kappa shape index (κ3) is 5.96. The first kappa shape index (κ1) is 22.1. The maximum Gasteiger partial charge on any atom is 0.237 e. The number of anilines is 1. The lowest BCUT2D eigenvalue weighted by molar-refractivity contribution is -0.115. The number of aryl methyl sites for hydroxylation is 1. The van der Waals surface area contributed by atoms with Crippen LogP contribution in [-0.2, 0) is 17.9 Å². The molecule has 0 aliphatic carbocycles. The Kier molecular flexibility index (Phi) is 7.70. The Morgan fingerprint density at radius 2 is 2.07 bits per heavy atom. The molecule has 1 unspecified atom stereocenters. The van der Waals surface area contributed by atoms with Crippen molar-refractivity contribution < 1.29 is 9.53 Å². The highest BCUT2D eigenvalue weighted by Gasteiger charge is 2.20. The van der Waals surface area contributed by atoms with Crippen LogP contribution in [0, 0.1) is 6.92 Å². The predicted octanol–water partition coefficient (Wildman–Crippen LogP) is 5.23. The molecule has 0 spiro atoms. The number of nitrogens with one attached hydrogen (secondary N) is 1. The molecule has 0 saturated carbocycles. The van der Waals surface area contributed by atoms with Gasteiger partial charge in [-0.25, -0.2) is 0 Å². The van der Waals surface area contributed by atoms with Crippen molar-refractivity contribution in [3.63, 3.8) is 0 Å². The predicted molar refractivity (Wildman–Crippen MR) is 124 cm³/mol. The first-order valence-electron chi connectivity index (χ1n) is 9.42. The van der Waals surface area contributed by atoms with Gasteiger partial charge < -0.3 is 10.1 Å². The number of hydrogen-bond donors (Lipinski definition) is 1. The first-order valence-corrected chi connectivity index (χ1v) is 11.1. The monoisotopic (exact) mass is 486 g/mol. The van der Waals surface area contributed by atoms with Crippen molar-refractivity contribution in [2.75, 3.05) is 5.32 Å². The summed E-state index contributed by atoms with van der Waals surface area (Å²) in [4.78, 5) is 12.6. The molecule has 0 aliphatic rings. The van der Waals surface area contributed by atoms with Gasteiger partial charge in [0, 0.05) is 16.7 Å². The smallest absolute Gasteiger partial charge is 0.237 e. The van der Waals surface area contributed by atoms with Crippen LogP contribution in [0.15, 0.2) is 70.8 Å². The second-order valence-corrected chi connectivity index (χ2v) is 8.88. The number of rotatable bonds is 9. The standard InChI is InChI=1S/C22H23BrN4O2S/c1-4-12-27-20(14-29-19-7-5-6-15(2)13-19)25-26-22(27)30-16(3)21(28)24-18-10-8-17(23)9-11-18/h4-11,13,16H,1,12,14H2,2-3H3,(H,24,28). The highest BCUT2D eigenvalue weighted by Crippen LogP contribution is 2.25. The van der Waals surface area contributed by atoms with E-state index in [1.807, 2.05) is 66.9 Å². The molecule has 1 amide bonds. The second-order valence-electron chi connectivity index (χ2n) is 6.66. The summed E-state index contributed by atoms with van der Waals surface area (Å²) in [6.45, 7) is 8.49. The van der Waals surface area contributed by atoms with E-state index in [2.05, 4.69) is 38.0 Å². The minimum atomic E-state index is -0.355. The van der Waals surface area contributed by atoms with Crippen LogP contribution in [0.3, 0.4) is 0 Å². The molecule has 0 bridgehead atoms. The number of nitrogens with zero attached hydrogens (tertiary/aromatic N) is 3. The zero-order valence-corrected chi connectivity index (χ0v) is 19.2. The Labute approximate surface area is 188 Å². The summed E-state index contributed by atoms with van der Waals surface area (Å²) >= 11 is 4.74. The zero-order chi connectivity index (χ0) is 21.5. The van der Waals surface area contributed by atoms with E-state index < -0.39 is 0 Å². The summed E-state index contributed by atoms with van der Waals surface area (Å²) in [6.07, 6.45) is 1.77. The van der Waals surface area contributed by atoms with Gasteiger partial charge in [-0.15, -0.1) is 16.8 Å². The van der Waals surface area contributed by atoms with Crippen LogP contribution in [0.1, 0.15) is 18.3 Å². The topological polar surface area (TPSA) is 69.0 Å². The van der Waals surface area contributed by atoms with E-state index in [9.17, 15) is 4.79 Å². The Bertz CT molecular complexity index is 1020. The molecule has 1 atom stereocenters. The highest BCUT2D eigenvalue weighted by molar-refractivity contribution is 9.10. The van der Waals surface area contributed by atoms with Gasteiger partial charge in [-0.3, -0.25) is 9.36 Å². The minimum absolute atomic E-state index is 0.104. The molecular formula is C22H23BrN4O2S. The lowest BCUT2D eigenvalue weighted by Gasteiger charge is -2.13. The van der Waals surface area contributed by atoms with Crippen molar-refractivity contribution in [3.05, 3.63) is 77.0 Å². The number of ether oxygens (including phenoxy) is 1. The van der Waals surface area contributed by atoms with Crippen LogP contribution in [0.5, 0.6) is 5.75 Å². The van der Waals surface area contributed by atoms with Crippen molar-refractivity contribution in [2.45, 2.75) is 37.4 Å². The van der Waals surface area contributed by atoms with Gasteiger partial charge >= 0.3 is 0 Å². The molecule has 30 heavy (non-hydrogen) atoms. The van der Waals surface area contributed by atoms with Crippen LogP contribution in [-0.4, -0.2) is 25.9 Å². The van der Waals surface area contributed by atoms with E-state index in [4.69, 9.17) is 4.74 Å². The fraction of sp³-hybridized carbons (Fsp3) is 0.227. The molecular weight excluding hydrogens is 464 g/mol. The third-order valence-electron chi connectivity index (χ3n) is 4.23. The third-order valence-corrected chi connectivity index (χ3v) is 5.83. The van der Waals surface area contributed by atoms with Gasteiger partial charge in [0.15, 0.2) is 11.0 Å². The normalized spacial score (nSPS) is 11.7. The maximum absolute atomic E-state index is 12.6. The number of hydrogen-bond acceptors (Lipinski definition) is 5. The molecule has 156 valence electrons. The summed E-state index contributed by atoms with van der Waals surface area (Å²) in [6, 6.07) is 15.3. The van der Waals surface area contributed by atoms with Crippen molar-refractivity contribution in [1.82, 2.24) is 14.8 Å². The molecule has 1 heterocycles. The maximum atomic E-state index is 12.6. The molecule has 6 nitrogen and oxygen atoms in total. The summed E-state index contributed by atoms with van der Waals surface area (Å²) in [5.41, 5.74) is 1.87. The summed E-state index contributed by atoms with van der Waals surface area (Å²) in [5.74, 6) is 1.35. The quantitative estimate of drug-likeness (QED) is 0.331. The minimum Gasteiger partial charge on any atom is -0.486 e. The van der Waals surface area contributed by atoms with E-state index in [0.717, 1.165) is 21.5 Å². The molecule has 1 N–H and O–H groups in total. The number of carbonyl (C=O) groups excluding carboxylic acids is 1. The van der Waals surface area contributed by atoms with Gasteiger partial charge in [0.05, 0.1) is 5.25 Å². The number of aromatic nitrogens is 3. The number of allylic oxidation sites excluding steroid dienone is 1. The van der Waals surface area contributed by atoms with E-state index >= 15 is 0 Å². The highest BCUT2D eigenvalue weighted by atomic mass is 79.9. The zero-order valence-electron chi connectivity index (χ0n) is 16.8. The Balaban J connectivity index is 1.66. The second kappa shape index (κ2) is 10.4. The lowest BCUT2D eigenvalue weighted by Crippen LogP contribution is -2.23. The first-order chi connectivity index (χ1) is 14.5. The number of halogens is 1. The van der Waals surface area contributed by atoms with Crippen molar-refractivity contribution in [2.24, 2.45) is 0 Å². The molecule has 1 aromatic heterocycles. The molecule has 0 radical (unpaired) electrons. The molecule has 8 heteroatoms. The van der Waals surface area contributed by atoms with Gasteiger partial charge in [-0.2, -0.15) is 0 Å². The SMILES string of the molecule is C=CCn1c(COc2cccc(C)c2)nnc1SC(C)C(=O)Nc1ccc(Br)cc1. The van der Waals surface area contributed by atoms with Crippen LogP contribution >= 0.6 is 27.7 Å². The van der Waals surface area contributed by atoms with E-state index in [0.29, 0.717) is 17.5 Å². The Hall–Kier alpha value is -2.58. The van der Waals surface area contributed by atoms with Crippen molar-refractivity contribution >= 4 is 39.3 Å². The number of benzene rings is 2. The van der Waals surface area contributed by atoms with Crippen LogP contribution < -0.4 is 10.1 Å². The van der Waals surface area contributed by atoms with Crippen molar-refractivity contribution in [3.8, 4) is 5.75 Å². The number of carbonyl (C=O) groups is 1. The number of thioether (sulfide) groups is 1. The average molecular weight is 487 g/mol. The largest absolute Gasteiger partial charge is 0.486 e. The van der Waals surface area contributed by atoms with Crippen LogP contribution in [0.2, 0.25) is 0 Å². The lowest BCUT2D eigenvalue weighted by atomic mass is 10.2. The van der Waals surface area contributed by atoms with E-state index in [1.54, 1.807) is 6.08 Å². The van der Waals surface area contributed by atoms with Crippen LogP contribution in [0.4, 0.5) is 5.69 Å². The van der Waals surface area contributed by atoms with E-state index in [1.165, 1.54) is 11.8 Å². The van der Waals surface area contributed by atoms with Crippen LogP contribution in [0.25, 0.3) is 0 Å². The van der Waals surface area contributed by atoms with E-state index in [-0.39, 0.29) is 17.8 Å². The fourth-order valence-corrected chi connectivity index (χ4v) is 3.81. The summed E-state index contributed by atoms with van der Waals surface area (Å²) in [7, 11) is 0. The fourth-order valence-electron chi connectivity index (χ4n) is 2.67. The van der Waals surface area contributed by atoms with Gasteiger partial charge in [0.25, 0.3) is 0 Å². The molecule has 0 saturated heterocycles. The number of amides is 1. The molecule has 2 aromatic carbocycles. The van der Waals surface area contributed by atoms with Gasteiger partial charge in [0.2, 0.25) is 5.91 Å². The molecule has 0 fully saturated rings. The molecule has 3 rings (SSSR count). The van der Waals surface area contributed by atoms with Gasteiger partial charge in [0.1, 0.15) is 12.4 Å². The Morgan fingerprint density at radius 3 is 2.77 bits per heavy atom. The molecule has 3 aromatic rings. The Morgan fingerprint density at radius 1 is 1.30 bits per heavy atom. The van der Waals surface area contributed by atoms with Crippen molar-refractivity contribution in [1.29, 1.82) is 0 Å². The summed E-state index contributed by atoms with van der Waals surface area (Å²) < 4.78 is 8.74. The molecule has 0 aliphatic heterocycles.